The molecule has 56 valence electrons. The Morgan fingerprint density at radius 2 is 2.40 bits per heavy atom. The maximum atomic E-state index is 3.43. The molecule has 1 fully saturated rings. The highest BCUT2D eigenvalue weighted by Crippen LogP contribution is 2.16. The van der Waals surface area contributed by atoms with E-state index in [2.05, 4.69) is 17.2 Å². The molecule has 1 heterocycles. The molecule has 0 aromatic carbocycles. The van der Waals surface area contributed by atoms with Gasteiger partial charge in [-0.3, -0.25) is 0 Å². The van der Waals surface area contributed by atoms with Crippen molar-refractivity contribution in [2.24, 2.45) is 0 Å². The van der Waals surface area contributed by atoms with Crippen LogP contribution >= 0.6 is 11.8 Å². The average Bonchev–Trinajstić information content (AvgIpc) is 1.84. The Bertz CT molecular complexity index is 141. The summed E-state index contributed by atoms with van der Waals surface area (Å²) in [5, 5.41) is 3.43. The summed E-state index contributed by atoms with van der Waals surface area (Å²) in [5.41, 5.74) is 0. The summed E-state index contributed by atoms with van der Waals surface area (Å²) in [5.74, 6) is 8.50. The van der Waals surface area contributed by atoms with Gasteiger partial charge in [-0.05, 0) is 6.92 Å². The Morgan fingerprint density at radius 1 is 1.60 bits per heavy atom. The molecule has 10 heavy (non-hydrogen) atoms. The van der Waals surface area contributed by atoms with Crippen LogP contribution in [-0.2, 0) is 0 Å². The van der Waals surface area contributed by atoms with Crippen molar-refractivity contribution in [2.75, 3.05) is 18.1 Å². The predicted molar refractivity (Wildman–Crippen MR) is 47.2 cm³/mol. The quantitative estimate of drug-likeness (QED) is 0.484. The summed E-state index contributed by atoms with van der Waals surface area (Å²) in [6, 6.07) is 0.781. The van der Waals surface area contributed by atoms with Crippen molar-refractivity contribution >= 4 is 11.8 Å². The first-order chi connectivity index (χ1) is 4.93. The van der Waals surface area contributed by atoms with Crippen LogP contribution in [0.2, 0.25) is 0 Å². The molecule has 1 aliphatic heterocycles. The van der Waals surface area contributed by atoms with E-state index in [0.717, 1.165) is 19.0 Å². The first-order valence-electron chi connectivity index (χ1n) is 3.64. The van der Waals surface area contributed by atoms with Crippen LogP contribution in [0.3, 0.4) is 0 Å². The monoisotopic (exact) mass is 155 g/mol. The molecule has 0 aromatic heterocycles. The number of rotatable bonds is 3. The second kappa shape index (κ2) is 4.65. The van der Waals surface area contributed by atoms with Gasteiger partial charge in [0.2, 0.25) is 0 Å². The van der Waals surface area contributed by atoms with E-state index in [0.29, 0.717) is 0 Å². The largest absolute Gasteiger partial charge is 0.311 e. The molecule has 1 rings (SSSR count). The van der Waals surface area contributed by atoms with Crippen molar-refractivity contribution in [2.45, 2.75) is 19.4 Å². The van der Waals surface area contributed by atoms with E-state index in [1.807, 2.05) is 18.7 Å². The minimum atomic E-state index is 0.781. The maximum absolute atomic E-state index is 3.43. The van der Waals surface area contributed by atoms with Crippen LogP contribution in [0.5, 0.6) is 0 Å². The number of thioether (sulfide) groups is 1. The molecule has 0 aromatic rings. The van der Waals surface area contributed by atoms with Gasteiger partial charge in [0.15, 0.2) is 0 Å². The van der Waals surface area contributed by atoms with Crippen molar-refractivity contribution in [1.82, 2.24) is 5.32 Å². The second-order valence-corrected chi connectivity index (χ2v) is 3.44. The van der Waals surface area contributed by atoms with E-state index in [4.69, 9.17) is 0 Å². The van der Waals surface area contributed by atoms with Gasteiger partial charge >= 0.3 is 0 Å². The highest BCUT2D eigenvalue weighted by molar-refractivity contribution is 8.00. The summed E-state index contributed by atoms with van der Waals surface area (Å²) >= 11 is 2.01. The van der Waals surface area contributed by atoms with Gasteiger partial charge in [0, 0.05) is 30.5 Å². The molecule has 0 amide bonds. The van der Waals surface area contributed by atoms with Gasteiger partial charge in [0.25, 0.3) is 0 Å². The van der Waals surface area contributed by atoms with E-state index in [1.54, 1.807) is 0 Å². The van der Waals surface area contributed by atoms with Gasteiger partial charge < -0.3 is 5.32 Å². The minimum Gasteiger partial charge on any atom is -0.311 e. The summed E-state index contributed by atoms with van der Waals surface area (Å²) in [6.45, 7) is 2.95. The first kappa shape index (κ1) is 7.97. The van der Waals surface area contributed by atoms with Gasteiger partial charge in [-0.25, -0.2) is 0 Å². The lowest BCUT2D eigenvalue weighted by Gasteiger charge is -2.25. The Kier molecular flexibility index (Phi) is 3.71. The van der Waals surface area contributed by atoms with E-state index in [1.165, 1.54) is 11.5 Å². The molecular formula is C8H13NS. The predicted octanol–water partition coefficient (Wildman–Crippen LogP) is 1.10. The lowest BCUT2D eigenvalue weighted by molar-refractivity contribution is 0.592. The van der Waals surface area contributed by atoms with E-state index in [-0.39, 0.29) is 0 Å². The Balaban J connectivity index is 1.88. The zero-order valence-electron chi connectivity index (χ0n) is 6.31. The van der Waals surface area contributed by atoms with Crippen molar-refractivity contribution in [3.8, 4) is 11.8 Å². The Morgan fingerprint density at radius 3 is 2.90 bits per heavy atom. The third-order valence-corrected chi connectivity index (χ3v) is 2.77. The van der Waals surface area contributed by atoms with Crippen molar-refractivity contribution in [3.05, 3.63) is 0 Å². The SMILES string of the molecule is CC#CCCNC1CSC1. The van der Waals surface area contributed by atoms with Gasteiger partial charge in [-0.1, -0.05) is 0 Å². The molecule has 2 heteroatoms. The van der Waals surface area contributed by atoms with Crippen LogP contribution in [0.1, 0.15) is 13.3 Å². The van der Waals surface area contributed by atoms with Crippen LogP contribution < -0.4 is 5.32 Å². The summed E-state index contributed by atoms with van der Waals surface area (Å²) in [6.07, 6.45) is 0.998. The third kappa shape index (κ3) is 2.64. The van der Waals surface area contributed by atoms with E-state index >= 15 is 0 Å². The molecule has 1 nitrogen and oxygen atoms in total. The van der Waals surface area contributed by atoms with E-state index in [9.17, 15) is 0 Å². The molecule has 0 aliphatic carbocycles. The molecule has 0 bridgehead atoms. The van der Waals surface area contributed by atoms with Crippen molar-refractivity contribution < 1.29 is 0 Å². The highest BCUT2D eigenvalue weighted by atomic mass is 32.2. The normalized spacial score (nSPS) is 17.3. The van der Waals surface area contributed by atoms with Gasteiger partial charge in [0.1, 0.15) is 0 Å². The fourth-order valence-electron chi connectivity index (χ4n) is 0.817. The van der Waals surface area contributed by atoms with Crippen molar-refractivity contribution in [1.29, 1.82) is 0 Å². The number of hydrogen-bond donors (Lipinski definition) is 1. The van der Waals surface area contributed by atoms with Crippen molar-refractivity contribution in [3.63, 3.8) is 0 Å². The molecule has 0 saturated carbocycles. The smallest absolute Gasteiger partial charge is 0.0249 e. The molecule has 0 spiro atoms. The number of hydrogen-bond acceptors (Lipinski definition) is 2. The van der Waals surface area contributed by atoms with E-state index < -0.39 is 0 Å². The van der Waals surface area contributed by atoms with Gasteiger partial charge in [-0.15, -0.1) is 11.8 Å². The van der Waals surface area contributed by atoms with Gasteiger partial charge in [-0.2, -0.15) is 11.8 Å². The minimum absolute atomic E-state index is 0.781. The zero-order chi connectivity index (χ0) is 7.23. The average molecular weight is 155 g/mol. The fourth-order valence-corrected chi connectivity index (χ4v) is 1.52. The Hall–Kier alpha value is -0.130. The standard InChI is InChI=1S/C8H13NS/c1-2-3-4-5-9-8-6-10-7-8/h8-9H,4-7H2,1H3. The zero-order valence-corrected chi connectivity index (χ0v) is 7.13. The Labute approximate surface area is 67.0 Å². The summed E-state index contributed by atoms with van der Waals surface area (Å²) in [4.78, 5) is 0. The number of nitrogens with one attached hydrogen (secondary N) is 1. The molecule has 1 saturated heterocycles. The summed E-state index contributed by atoms with van der Waals surface area (Å²) in [7, 11) is 0. The fraction of sp³-hybridized carbons (Fsp3) is 0.750. The molecule has 1 N–H and O–H groups in total. The van der Waals surface area contributed by atoms with Crippen LogP contribution in [0, 0.1) is 11.8 Å². The van der Waals surface area contributed by atoms with Crippen LogP contribution in [0.15, 0.2) is 0 Å². The molecular weight excluding hydrogens is 142 g/mol. The maximum Gasteiger partial charge on any atom is 0.0249 e. The topological polar surface area (TPSA) is 12.0 Å². The first-order valence-corrected chi connectivity index (χ1v) is 4.79. The van der Waals surface area contributed by atoms with Crippen LogP contribution in [-0.4, -0.2) is 24.1 Å². The highest BCUT2D eigenvalue weighted by Gasteiger charge is 2.15. The third-order valence-electron chi connectivity index (χ3n) is 1.50. The summed E-state index contributed by atoms with van der Waals surface area (Å²) < 4.78 is 0. The lowest BCUT2D eigenvalue weighted by atomic mass is 10.3. The molecule has 0 unspecified atom stereocenters. The second-order valence-electron chi connectivity index (χ2n) is 2.37. The van der Waals surface area contributed by atoms with Gasteiger partial charge in [0.05, 0.1) is 0 Å². The van der Waals surface area contributed by atoms with Crippen LogP contribution in [0.25, 0.3) is 0 Å². The molecule has 0 radical (unpaired) electrons. The molecule has 1 aliphatic rings. The molecule has 0 atom stereocenters. The lowest BCUT2D eigenvalue weighted by Crippen LogP contribution is -2.40. The van der Waals surface area contributed by atoms with Crippen LogP contribution in [0.4, 0.5) is 0 Å².